The molecule has 0 saturated carbocycles. The first-order valence-corrected chi connectivity index (χ1v) is 44.7. The number of nitrogens with one attached hydrogen (secondary N) is 1. The minimum atomic E-state index is -1.24. The molecule has 0 aliphatic carbocycles. The van der Waals surface area contributed by atoms with Crippen LogP contribution in [0, 0.1) is 96.1 Å². The Hall–Kier alpha value is -12.0. The van der Waals surface area contributed by atoms with Gasteiger partial charge >= 0.3 is 0 Å². The molecule has 23 heteroatoms. The van der Waals surface area contributed by atoms with Gasteiger partial charge in [-0.3, -0.25) is 39.5 Å². The maximum Gasteiger partial charge on any atom is 0.233 e. The van der Waals surface area contributed by atoms with Crippen LogP contribution in [0.3, 0.4) is 0 Å². The van der Waals surface area contributed by atoms with E-state index in [1.165, 1.54) is 13.1 Å². The summed E-state index contributed by atoms with van der Waals surface area (Å²) in [6.07, 6.45) is 24.7. The number of benzene rings is 4. The number of hydrogen-bond donors (Lipinski definition) is 1. The monoisotopic (exact) mass is 1670 g/mol. The second-order valence-electron chi connectivity index (χ2n) is 27.1. The van der Waals surface area contributed by atoms with Gasteiger partial charge in [-0.05, 0) is 200 Å². The summed E-state index contributed by atoms with van der Waals surface area (Å²) in [5.41, 5.74) is 20.3. The second kappa shape index (κ2) is 44.8. The van der Waals surface area contributed by atoms with Crippen molar-refractivity contribution in [1.29, 1.82) is 0 Å². The van der Waals surface area contributed by atoms with E-state index < -0.39 is 27.7 Å². The number of pyridine rings is 6. The van der Waals surface area contributed by atoms with Crippen LogP contribution < -0.4 is 37.9 Å². The summed E-state index contributed by atoms with van der Waals surface area (Å²) in [5, 5.41) is 0. The molecule has 11 heterocycles. The van der Waals surface area contributed by atoms with Crippen molar-refractivity contribution >= 4 is 65.9 Å². The zero-order valence-electron chi connectivity index (χ0n) is 66.1. The van der Waals surface area contributed by atoms with Crippen LogP contribution in [0.15, 0.2) is 192 Å². The molecular formula is C90H92Br2N8O11Si2. The average Bonchev–Trinajstić information content (AvgIpc) is 1.68. The smallest absolute Gasteiger partial charge is 0.233 e. The summed E-state index contributed by atoms with van der Waals surface area (Å²) in [4.78, 5) is 65.8. The number of ketones is 2. The summed E-state index contributed by atoms with van der Waals surface area (Å²) in [7, 11) is -2.34. The van der Waals surface area contributed by atoms with Gasteiger partial charge in [0.15, 0.2) is 46.0 Å². The first kappa shape index (κ1) is 88.3. The number of aryl methyl sites for hydroxylation is 7. The SMILES string of the molecule is Brc1ccc2c(c1)OCCO2.C#C[Si](C)(C)C.C#Cc1ccnc(C)c1.CC=O.Cc1cc(-c2[nH]c(C)nc2-c2ccc3c(c2)OCCO3)ccn1.Cc1cc(Br)ccn1.Cc1cc(C#C[Si](C)(C)C)ccn1.Cc1cnccc1C#Cc1ccc2c(c1)OCCO2.Cc1cnccc1C(=O)C(=O)c1ccc2c(c1)OCCO2. The van der Waals surface area contributed by atoms with E-state index in [1.54, 1.807) is 56.0 Å². The predicted octanol–water partition coefficient (Wildman–Crippen LogP) is 18.4. The molecule has 4 aliphatic heterocycles. The van der Waals surface area contributed by atoms with Crippen LogP contribution in [-0.4, -0.2) is 127 Å². The van der Waals surface area contributed by atoms with Gasteiger partial charge < -0.3 is 47.7 Å². The molecule has 0 bridgehead atoms. The maximum atomic E-state index is 12.3. The number of aromatic nitrogens is 8. The van der Waals surface area contributed by atoms with Gasteiger partial charge in [-0.2, -0.15) is 0 Å². The van der Waals surface area contributed by atoms with Crippen molar-refractivity contribution in [3.63, 3.8) is 0 Å². The summed E-state index contributed by atoms with van der Waals surface area (Å²) in [5.74, 6) is 17.6. The summed E-state index contributed by atoms with van der Waals surface area (Å²) in [6, 6.07) is 41.3. The molecule has 4 aromatic carbocycles. The quantitative estimate of drug-likeness (QED) is 0.0555. The van der Waals surface area contributed by atoms with E-state index in [2.05, 4.69) is 152 Å². The first-order valence-electron chi connectivity index (χ1n) is 36.1. The van der Waals surface area contributed by atoms with E-state index >= 15 is 0 Å². The number of ether oxygens (including phenoxy) is 8. The molecule has 1 N–H and O–H groups in total. The van der Waals surface area contributed by atoms with Crippen LogP contribution in [0.2, 0.25) is 39.3 Å². The molecule has 15 rings (SSSR count). The van der Waals surface area contributed by atoms with Gasteiger partial charge in [-0.15, -0.1) is 23.9 Å². The number of rotatable bonds is 5. The Morgan fingerprint density at radius 3 is 1.40 bits per heavy atom. The van der Waals surface area contributed by atoms with Crippen LogP contribution in [0.4, 0.5) is 0 Å². The molecule has 0 spiro atoms. The third-order valence-electron chi connectivity index (χ3n) is 15.3. The largest absolute Gasteiger partial charge is 0.486 e. The summed E-state index contributed by atoms with van der Waals surface area (Å²) in [6.45, 7) is 32.7. The highest BCUT2D eigenvalue weighted by Gasteiger charge is 2.24. The standard InChI is InChI=1S/C18H17N3O2.C16H13NO4.C16H13NO2.C11H15NSi.C8H7BrO2.C8H7N.C6H6BrN.C5H10Si.C2H4O/c1-11-9-14(5-6-19-11)18-17(20-12(2)21-18)13-3-4-15-16(10-13)23-8-7-22-15;1-10-9-17-5-4-12(10)16(19)15(18)11-2-3-13-14(8-11)21-7-6-20-13;1-12-11-17-7-6-14(12)4-2-13-3-5-15-16(10-13)19-9-8-18-15;1-10-9-11(5-7-12-10)6-8-13(2,3)4;9-6-1-2-7-8(5-6)11-4-3-10-7;1-3-8-4-5-9-7(2)6-8;1-5-4-6(7)2-3-8-5;1-5-6(2,3)4;1-2-3/h3-6,9-10H,7-8H2,1-2H3,(H,20,21);2-5,8-9H,6-7H2,1H3;3,5-7,10-11H,8-9H2,1H3;5,7,9H,1-4H3;1-2,5H,3-4H2;1,4-6H,2H3;2-4H,1H3;1H,2-4H3;2H,1H3. The van der Waals surface area contributed by atoms with Gasteiger partial charge in [0.1, 0.15) is 81.1 Å². The topological polar surface area (TPSA) is 231 Å². The molecule has 0 fully saturated rings. The first-order chi connectivity index (χ1) is 54.1. The Morgan fingerprint density at radius 2 is 0.894 bits per heavy atom. The average molecular weight is 1680 g/mol. The number of hydrogen-bond acceptors (Lipinski definition) is 18. The third-order valence-corrected chi connectivity index (χ3v) is 18.1. The van der Waals surface area contributed by atoms with E-state index in [-0.39, 0.29) is 0 Å². The fourth-order valence-corrected chi connectivity index (χ4v) is 11.2. The van der Waals surface area contributed by atoms with Gasteiger partial charge in [0.25, 0.3) is 0 Å². The lowest BCUT2D eigenvalue weighted by atomic mass is 9.99. The van der Waals surface area contributed by atoms with Crippen LogP contribution >= 0.6 is 31.9 Å². The number of nitrogens with zero attached hydrogens (tertiary/aromatic N) is 7. The molecule has 0 atom stereocenters. The summed E-state index contributed by atoms with van der Waals surface area (Å²) >= 11 is 6.68. The number of aromatic amines is 1. The predicted molar refractivity (Wildman–Crippen MR) is 457 cm³/mol. The fourth-order valence-electron chi connectivity index (χ4n) is 9.89. The van der Waals surface area contributed by atoms with Crippen molar-refractivity contribution in [3.05, 3.63) is 265 Å². The zero-order valence-corrected chi connectivity index (χ0v) is 71.3. The van der Waals surface area contributed by atoms with Gasteiger partial charge in [0.2, 0.25) is 11.6 Å². The van der Waals surface area contributed by atoms with Gasteiger partial charge in [0, 0.05) is 126 Å². The number of Topliss-reactive ketones (excluding diaryl/α,β-unsaturated/α-hetero) is 2. The van der Waals surface area contributed by atoms with Crippen molar-refractivity contribution < 1.29 is 52.3 Å². The minimum absolute atomic E-state index is 0.292. The van der Waals surface area contributed by atoms with Crippen molar-refractivity contribution in [2.75, 3.05) is 52.9 Å². The minimum Gasteiger partial charge on any atom is -0.486 e. The summed E-state index contributed by atoms with van der Waals surface area (Å²) < 4.78 is 45.9. The van der Waals surface area contributed by atoms with Crippen LogP contribution in [0.5, 0.6) is 46.0 Å². The normalized spacial score (nSPS) is 11.8. The molecular weight excluding hydrogens is 1590 g/mol. The molecule has 0 amide bonds. The maximum absolute atomic E-state index is 12.3. The van der Waals surface area contributed by atoms with Crippen LogP contribution in [0.1, 0.15) is 89.6 Å². The Balaban J connectivity index is 0.000000184. The van der Waals surface area contributed by atoms with E-state index in [9.17, 15) is 9.59 Å². The number of aldehydes is 1. The van der Waals surface area contributed by atoms with Crippen molar-refractivity contribution in [2.45, 2.75) is 94.7 Å². The Kier molecular flexibility index (Phi) is 35.0. The van der Waals surface area contributed by atoms with Crippen LogP contribution in [-0.2, 0) is 4.79 Å². The molecule has 0 unspecified atom stereocenters. The van der Waals surface area contributed by atoms with Crippen LogP contribution in [0.25, 0.3) is 22.5 Å². The zero-order chi connectivity index (χ0) is 81.9. The second-order valence-corrected chi connectivity index (χ2v) is 38.5. The number of terminal acetylenes is 2. The molecule has 19 nitrogen and oxygen atoms in total. The Morgan fingerprint density at radius 1 is 0.442 bits per heavy atom. The highest BCUT2D eigenvalue weighted by Crippen LogP contribution is 2.38. The Bertz CT molecular complexity index is 5260. The number of imidazole rings is 1. The molecule has 11 aromatic rings. The molecule has 4 aliphatic rings. The van der Waals surface area contributed by atoms with E-state index in [4.69, 9.17) is 55.5 Å². The third kappa shape index (κ3) is 30.3. The molecule has 580 valence electrons. The highest BCUT2D eigenvalue weighted by atomic mass is 79.9. The highest BCUT2D eigenvalue weighted by molar-refractivity contribution is 9.10. The van der Waals surface area contributed by atoms with Gasteiger partial charge in [0.05, 0.1) is 11.4 Å². The molecule has 0 radical (unpaired) electrons. The molecule has 0 saturated heterocycles. The lowest BCUT2D eigenvalue weighted by Crippen LogP contribution is -2.18. The fraction of sp³-hybridized carbons (Fsp3) is 0.244. The number of carbonyl (C=O) groups excluding carboxylic acids is 3. The lowest BCUT2D eigenvalue weighted by Gasteiger charge is -2.18. The van der Waals surface area contributed by atoms with E-state index in [0.29, 0.717) is 81.0 Å². The van der Waals surface area contributed by atoms with Crippen molar-refractivity contribution in [2.24, 2.45) is 0 Å². The number of carbonyl (C=O) groups is 3. The lowest BCUT2D eigenvalue weighted by molar-refractivity contribution is -0.106. The van der Waals surface area contributed by atoms with E-state index in [0.717, 1.165) is 129 Å². The molecule has 7 aromatic heterocycles. The number of H-pyrrole nitrogens is 1. The van der Waals surface area contributed by atoms with Crippen molar-refractivity contribution in [1.82, 2.24) is 39.9 Å². The Labute approximate surface area is 682 Å². The molecule has 113 heavy (non-hydrogen) atoms. The van der Waals surface area contributed by atoms with Gasteiger partial charge in [-0.1, -0.05) is 94.8 Å². The number of fused-ring (bicyclic) bond motifs is 4. The van der Waals surface area contributed by atoms with Gasteiger partial charge in [-0.25, -0.2) is 4.98 Å². The van der Waals surface area contributed by atoms with E-state index in [1.807, 2.05) is 163 Å². The number of halogens is 2. The van der Waals surface area contributed by atoms with Crippen molar-refractivity contribution in [3.8, 4) is 116 Å².